The van der Waals surface area contributed by atoms with E-state index in [0.717, 1.165) is 18.4 Å². The van der Waals surface area contributed by atoms with E-state index >= 15 is 0 Å². The lowest BCUT2D eigenvalue weighted by Crippen LogP contribution is -2.34. The zero-order valence-corrected chi connectivity index (χ0v) is 14.2. The molecule has 1 aromatic heterocycles. The Kier molecular flexibility index (Phi) is 4.01. The average Bonchev–Trinajstić information content (AvgIpc) is 3.01. The lowest BCUT2D eigenvalue weighted by Gasteiger charge is -2.15. The number of amides is 1. The molecule has 0 spiro atoms. The van der Waals surface area contributed by atoms with Crippen LogP contribution in [0.5, 0.6) is 0 Å². The molecule has 126 valence electrons. The molecule has 3 aromatic rings. The van der Waals surface area contributed by atoms with Gasteiger partial charge in [0.1, 0.15) is 6.54 Å². The van der Waals surface area contributed by atoms with Crippen LogP contribution in [0, 0.1) is 0 Å². The van der Waals surface area contributed by atoms with Crippen molar-refractivity contribution < 1.29 is 4.79 Å². The molecule has 1 unspecified atom stereocenters. The smallest absolute Gasteiger partial charge is 0.261 e. The molecule has 0 radical (unpaired) electrons. The fourth-order valence-electron chi connectivity index (χ4n) is 3.35. The molecule has 1 heterocycles. The molecule has 5 nitrogen and oxygen atoms in total. The summed E-state index contributed by atoms with van der Waals surface area (Å²) in [6.45, 7) is -0.0625. The molecule has 0 saturated heterocycles. The van der Waals surface area contributed by atoms with Gasteiger partial charge < -0.3 is 5.32 Å². The highest BCUT2D eigenvalue weighted by Crippen LogP contribution is 2.30. The first-order valence-electron chi connectivity index (χ1n) is 8.14. The summed E-state index contributed by atoms with van der Waals surface area (Å²) in [5, 5.41) is 3.90. The van der Waals surface area contributed by atoms with E-state index in [2.05, 4.69) is 16.4 Å². The molecule has 0 fully saturated rings. The van der Waals surface area contributed by atoms with Crippen LogP contribution in [0.1, 0.15) is 23.6 Å². The zero-order valence-electron chi connectivity index (χ0n) is 13.4. The SMILES string of the molecule is O=C(Cn1cnc2ccc(Cl)cc2c1=O)NC1CCc2ccccc21. The second kappa shape index (κ2) is 6.33. The number of nitrogens with one attached hydrogen (secondary N) is 1. The van der Waals surface area contributed by atoms with Crippen molar-refractivity contribution in [2.45, 2.75) is 25.4 Å². The Balaban J connectivity index is 1.55. The molecule has 1 atom stereocenters. The molecule has 25 heavy (non-hydrogen) atoms. The van der Waals surface area contributed by atoms with E-state index in [0.29, 0.717) is 15.9 Å². The molecule has 2 aromatic carbocycles. The van der Waals surface area contributed by atoms with Gasteiger partial charge in [-0.25, -0.2) is 4.98 Å². The number of carbonyl (C=O) groups excluding carboxylic acids is 1. The monoisotopic (exact) mass is 353 g/mol. The van der Waals surface area contributed by atoms with Crippen molar-refractivity contribution in [3.63, 3.8) is 0 Å². The average molecular weight is 354 g/mol. The largest absolute Gasteiger partial charge is 0.348 e. The molecule has 1 amide bonds. The summed E-state index contributed by atoms with van der Waals surface area (Å²) in [4.78, 5) is 29.2. The van der Waals surface area contributed by atoms with Gasteiger partial charge in [-0.15, -0.1) is 0 Å². The summed E-state index contributed by atoms with van der Waals surface area (Å²) in [6.07, 6.45) is 3.24. The number of rotatable bonds is 3. The summed E-state index contributed by atoms with van der Waals surface area (Å²) < 4.78 is 1.31. The number of benzene rings is 2. The Bertz CT molecular complexity index is 1030. The normalized spacial score (nSPS) is 16.0. The van der Waals surface area contributed by atoms with E-state index in [1.165, 1.54) is 16.5 Å². The number of carbonyl (C=O) groups is 1. The third-order valence-corrected chi connectivity index (χ3v) is 4.80. The molecular formula is C19H16ClN3O2. The first kappa shape index (κ1) is 15.8. The number of hydrogen-bond donors (Lipinski definition) is 1. The molecule has 0 aliphatic heterocycles. The lowest BCUT2D eigenvalue weighted by molar-refractivity contribution is -0.122. The van der Waals surface area contributed by atoms with Gasteiger partial charge in [-0.3, -0.25) is 14.2 Å². The third-order valence-electron chi connectivity index (χ3n) is 4.57. The predicted molar refractivity (Wildman–Crippen MR) is 96.7 cm³/mol. The Hall–Kier alpha value is -2.66. The molecule has 1 aliphatic carbocycles. The van der Waals surface area contributed by atoms with Crippen LogP contribution >= 0.6 is 11.6 Å². The topological polar surface area (TPSA) is 64.0 Å². The van der Waals surface area contributed by atoms with Crippen LogP contribution in [0.4, 0.5) is 0 Å². The maximum absolute atomic E-state index is 12.5. The summed E-state index contributed by atoms with van der Waals surface area (Å²) in [7, 11) is 0. The van der Waals surface area contributed by atoms with E-state index < -0.39 is 0 Å². The van der Waals surface area contributed by atoms with Crippen LogP contribution in [0.15, 0.2) is 53.6 Å². The fourth-order valence-corrected chi connectivity index (χ4v) is 3.52. The molecule has 0 saturated carbocycles. The van der Waals surface area contributed by atoms with Gasteiger partial charge in [-0.1, -0.05) is 35.9 Å². The molecule has 4 rings (SSSR count). The number of fused-ring (bicyclic) bond motifs is 2. The zero-order chi connectivity index (χ0) is 17.4. The number of hydrogen-bond acceptors (Lipinski definition) is 3. The van der Waals surface area contributed by atoms with Crippen LogP contribution in [0.25, 0.3) is 10.9 Å². The van der Waals surface area contributed by atoms with Crippen molar-refractivity contribution in [2.75, 3.05) is 0 Å². The summed E-state index contributed by atoms with van der Waals surface area (Å²) in [6, 6.07) is 13.1. The van der Waals surface area contributed by atoms with Crippen LogP contribution < -0.4 is 10.9 Å². The Labute approximate surface area is 149 Å². The second-order valence-corrected chi connectivity index (χ2v) is 6.63. The highest BCUT2D eigenvalue weighted by Gasteiger charge is 2.23. The van der Waals surface area contributed by atoms with Gasteiger partial charge in [-0.2, -0.15) is 0 Å². The predicted octanol–water partition coefficient (Wildman–Crippen LogP) is 2.85. The maximum Gasteiger partial charge on any atom is 0.261 e. The van der Waals surface area contributed by atoms with E-state index in [4.69, 9.17) is 11.6 Å². The van der Waals surface area contributed by atoms with Crippen molar-refractivity contribution in [3.05, 3.63) is 75.3 Å². The summed E-state index contributed by atoms with van der Waals surface area (Å²) in [5.74, 6) is -0.202. The van der Waals surface area contributed by atoms with Gasteiger partial charge >= 0.3 is 0 Å². The first-order chi connectivity index (χ1) is 12.1. The third kappa shape index (κ3) is 3.03. The lowest BCUT2D eigenvalue weighted by atomic mass is 10.1. The minimum Gasteiger partial charge on any atom is -0.348 e. The molecule has 1 aliphatic rings. The summed E-state index contributed by atoms with van der Waals surface area (Å²) >= 11 is 5.95. The van der Waals surface area contributed by atoms with Gasteiger partial charge in [-0.05, 0) is 42.2 Å². The molecule has 1 N–H and O–H groups in total. The van der Waals surface area contributed by atoms with Gasteiger partial charge in [0, 0.05) is 5.02 Å². The maximum atomic E-state index is 12.5. The Morgan fingerprint density at radius 3 is 3.00 bits per heavy atom. The van der Waals surface area contributed by atoms with Crippen LogP contribution in [-0.2, 0) is 17.8 Å². The Morgan fingerprint density at radius 1 is 1.28 bits per heavy atom. The van der Waals surface area contributed by atoms with Crippen molar-refractivity contribution in [2.24, 2.45) is 0 Å². The van der Waals surface area contributed by atoms with Crippen LogP contribution in [0.2, 0.25) is 5.02 Å². The first-order valence-corrected chi connectivity index (χ1v) is 8.51. The van der Waals surface area contributed by atoms with E-state index in [-0.39, 0.29) is 24.1 Å². The molecule has 0 bridgehead atoms. The summed E-state index contributed by atoms with van der Waals surface area (Å²) in [5.41, 5.74) is 2.73. The Morgan fingerprint density at radius 2 is 2.12 bits per heavy atom. The quantitative estimate of drug-likeness (QED) is 0.787. The van der Waals surface area contributed by atoms with Gasteiger partial charge in [0.05, 0.1) is 23.3 Å². The van der Waals surface area contributed by atoms with Crippen molar-refractivity contribution >= 4 is 28.4 Å². The number of aromatic nitrogens is 2. The highest BCUT2D eigenvalue weighted by molar-refractivity contribution is 6.31. The van der Waals surface area contributed by atoms with Crippen LogP contribution in [0.3, 0.4) is 0 Å². The van der Waals surface area contributed by atoms with Crippen molar-refractivity contribution in [1.82, 2.24) is 14.9 Å². The number of nitrogens with zero attached hydrogens (tertiary/aromatic N) is 2. The number of halogens is 1. The minimum absolute atomic E-state index is 0.00209. The standard InChI is InChI=1S/C19H16ClN3O2/c20-13-6-8-16-15(9-13)19(25)23(11-21-16)10-18(24)22-17-7-5-12-3-1-2-4-14(12)17/h1-4,6,8-9,11,17H,5,7,10H2,(H,22,24). The minimum atomic E-state index is -0.269. The molecule has 6 heteroatoms. The second-order valence-electron chi connectivity index (χ2n) is 6.20. The van der Waals surface area contributed by atoms with E-state index in [1.54, 1.807) is 18.2 Å². The van der Waals surface area contributed by atoms with Crippen LogP contribution in [-0.4, -0.2) is 15.5 Å². The molecular weight excluding hydrogens is 338 g/mol. The van der Waals surface area contributed by atoms with E-state index in [9.17, 15) is 9.59 Å². The van der Waals surface area contributed by atoms with Crippen molar-refractivity contribution in [1.29, 1.82) is 0 Å². The van der Waals surface area contributed by atoms with Gasteiger partial charge in [0.15, 0.2) is 0 Å². The van der Waals surface area contributed by atoms with Crippen molar-refractivity contribution in [3.8, 4) is 0 Å². The fraction of sp³-hybridized carbons (Fsp3) is 0.211. The number of aryl methyl sites for hydroxylation is 1. The van der Waals surface area contributed by atoms with Gasteiger partial charge in [0.2, 0.25) is 5.91 Å². The highest BCUT2D eigenvalue weighted by atomic mass is 35.5. The van der Waals surface area contributed by atoms with Gasteiger partial charge in [0.25, 0.3) is 5.56 Å². The van der Waals surface area contributed by atoms with E-state index in [1.807, 2.05) is 18.2 Å².